The number of aliphatic hydroxyl groups is 3. The number of aliphatic hydroxyl groups excluding tert-OH is 3. The van der Waals surface area contributed by atoms with Gasteiger partial charge in [-0.15, -0.1) is 0 Å². The number of ether oxygens (including phenoxy) is 1. The normalized spacial score (nSPS) is 54.2. The summed E-state index contributed by atoms with van der Waals surface area (Å²) in [6.45, 7) is 6.42. The Labute approximate surface area is 168 Å². The van der Waals surface area contributed by atoms with Crippen molar-refractivity contribution in [2.24, 2.45) is 46.3 Å². The second-order valence-electron chi connectivity index (χ2n) is 10.8. The summed E-state index contributed by atoms with van der Waals surface area (Å²) in [5.74, 6) is 0.688. The number of carbonyl (C=O) groups is 1. The van der Waals surface area contributed by atoms with E-state index in [1.54, 1.807) is 0 Å². The molecule has 0 bridgehead atoms. The van der Waals surface area contributed by atoms with Crippen LogP contribution < -0.4 is 0 Å². The molecule has 11 atom stereocenters. The Bertz CT molecular complexity index is 622. The number of fused-ring (bicyclic) bond motifs is 5. The molecular formula is C23H38O5. The third-order valence-electron chi connectivity index (χ3n) is 10.0. The number of hydrogen-bond acceptors (Lipinski definition) is 5. The van der Waals surface area contributed by atoms with Gasteiger partial charge >= 0.3 is 5.97 Å². The third-order valence-corrected chi connectivity index (χ3v) is 10.0. The summed E-state index contributed by atoms with van der Waals surface area (Å²) in [5, 5.41) is 32.8. The Morgan fingerprint density at radius 1 is 1.04 bits per heavy atom. The molecule has 4 fully saturated rings. The largest absolute Gasteiger partial charge is 0.469 e. The average molecular weight is 395 g/mol. The molecular weight excluding hydrogens is 356 g/mol. The van der Waals surface area contributed by atoms with Gasteiger partial charge in [0.2, 0.25) is 0 Å². The second-order valence-corrected chi connectivity index (χ2v) is 10.8. The molecule has 5 nitrogen and oxygen atoms in total. The molecule has 4 aliphatic rings. The quantitative estimate of drug-likeness (QED) is 0.627. The zero-order valence-electron chi connectivity index (χ0n) is 17.8. The van der Waals surface area contributed by atoms with E-state index in [0.29, 0.717) is 12.3 Å². The summed E-state index contributed by atoms with van der Waals surface area (Å²) >= 11 is 0. The van der Waals surface area contributed by atoms with Crippen LogP contribution in [0.3, 0.4) is 0 Å². The number of carbonyl (C=O) groups excluding carboxylic acids is 1. The predicted octanol–water partition coefficient (Wildman–Crippen LogP) is 2.76. The fraction of sp³-hybridized carbons (Fsp3) is 0.957. The van der Waals surface area contributed by atoms with Gasteiger partial charge in [0.25, 0.3) is 0 Å². The molecule has 0 aromatic rings. The minimum Gasteiger partial charge on any atom is -0.469 e. The topological polar surface area (TPSA) is 87.0 Å². The van der Waals surface area contributed by atoms with E-state index in [-0.39, 0.29) is 58.6 Å². The lowest BCUT2D eigenvalue weighted by molar-refractivity contribution is -0.207. The highest BCUT2D eigenvalue weighted by Crippen LogP contribution is 2.68. The van der Waals surface area contributed by atoms with Crippen LogP contribution in [0.4, 0.5) is 0 Å². The van der Waals surface area contributed by atoms with Crippen LogP contribution in [0.5, 0.6) is 0 Å². The van der Waals surface area contributed by atoms with Gasteiger partial charge < -0.3 is 20.1 Å². The minimum absolute atomic E-state index is 0.0808. The molecule has 0 saturated heterocycles. The number of methoxy groups -OCH3 is 1. The summed E-state index contributed by atoms with van der Waals surface area (Å²) in [6, 6.07) is 0. The van der Waals surface area contributed by atoms with Gasteiger partial charge in [-0.05, 0) is 80.0 Å². The summed E-state index contributed by atoms with van der Waals surface area (Å²) in [6.07, 6.45) is 4.80. The van der Waals surface area contributed by atoms with Crippen LogP contribution in [0.1, 0.15) is 65.7 Å². The predicted molar refractivity (Wildman–Crippen MR) is 105 cm³/mol. The fourth-order valence-corrected chi connectivity index (χ4v) is 8.37. The first-order chi connectivity index (χ1) is 13.1. The van der Waals surface area contributed by atoms with Crippen molar-refractivity contribution in [2.75, 3.05) is 7.11 Å². The van der Waals surface area contributed by atoms with Crippen LogP contribution in [-0.4, -0.2) is 46.7 Å². The maximum absolute atomic E-state index is 12.3. The van der Waals surface area contributed by atoms with Crippen molar-refractivity contribution >= 4 is 5.97 Å². The highest BCUT2D eigenvalue weighted by molar-refractivity contribution is 5.72. The molecule has 4 rings (SSSR count). The van der Waals surface area contributed by atoms with Crippen molar-refractivity contribution in [2.45, 2.75) is 84.0 Å². The molecule has 0 spiro atoms. The lowest BCUT2D eigenvalue weighted by Crippen LogP contribution is -2.62. The maximum Gasteiger partial charge on any atom is 0.308 e. The van der Waals surface area contributed by atoms with E-state index in [0.717, 1.165) is 38.5 Å². The smallest absolute Gasteiger partial charge is 0.308 e. The molecule has 0 heterocycles. The van der Waals surface area contributed by atoms with Crippen molar-refractivity contribution in [1.82, 2.24) is 0 Å². The first-order valence-corrected chi connectivity index (χ1v) is 11.3. The molecule has 0 unspecified atom stereocenters. The minimum atomic E-state index is -0.465. The third kappa shape index (κ3) is 2.72. The van der Waals surface area contributed by atoms with Crippen molar-refractivity contribution in [3.63, 3.8) is 0 Å². The zero-order valence-corrected chi connectivity index (χ0v) is 17.8. The van der Waals surface area contributed by atoms with Gasteiger partial charge in [0.1, 0.15) is 0 Å². The first-order valence-electron chi connectivity index (χ1n) is 11.3. The molecule has 0 aromatic carbocycles. The Morgan fingerprint density at radius 3 is 2.43 bits per heavy atom. The lowest BCUT2D eigenvalue weighted by Gasteiger charge is -2.63. The van der Waals surface area contributed by atoms with Crippen LogP contribution in [0.15, 0.2) is 0 Å². The Morgan fingerprint density at radius 2 is 1.75 bits per heavy atom. The van der Waals surface area contributed by atoms with Gasteiger partial charge in [0.15, 0.2) is 0 Å². The molecule has 160 valence electrons. The van der Waals surface area contributed by atoms with Crippen LogP contribution in [0.25, 0.3) is 0 Å². The second kappa shape index (κ2) is 6.95. The standard InChI is InChI=1S/C23H38O5/c1-12(21(27)28-4)15-5-6-16-20-17(11-19(26)23(15,16)3)22(2)8-7-14(24)9-13(22)10-18(20)25/h12-20,24-26H,5-11H2,1-4H3/t12-,13-,14+,15-,16+,17+,18-,19+,20+,22+,23-/m1/s1. The van der Waals surface area contributed by atoms with Crippen molar-refractivity contribution < 1.29 is 24.9 Å². The Balaban J connectivity index is 1.67. The van der Waals surface area contributed by atoms with Gasteiger partial charge in [-0.1, -0.05) is 20.8 Å². The first kappa shape index (κ1) is 20.6. The Kier molecular flexibility index (Phi) is 5.12. The van der Waals surface area contributed by atoms with E-state index in [2.05, 4.69) is 13.8 Å². The van der Waals surface area contributed by atoms with E-state index >= 15 is 0 Å². The van der Waals surface area contributed by atoms with Crippen molar-refractivity contribution in [3.05, 3.63) is 0 Å². The van der Waals surface area contributed by atoms with Gasteiger partial charge in [-0.25, -0.2) is 0 Å². The zero-order chi connectivity index (χ0) is 20.4. The van der Waals surface area contributed by atoms with Crippen molar-refractivity contribution in [1.29, 1.82) is 0 Å². The van der Waals surface area contributed by atoms with Crippen LogP contribution >= 0.6 is 0 Å². The molecule has 4 aliphatic carbocycles. The average Bonchev–Trinajstić information content (AvgIpc) is 3.01. The van der Waals surface area contributed by atoms with Crippen LogP contribution in [0.2, 0.25) is 0 Å². The highest BCUT2D eigenvalue weighted by atomic mass is 16.5. The maximum atomic E-state index is 12.3. The molecule has 0 aliphatic heterocycles. The molecule has 4 saturated carbocycles. The Hall–Kier alpha value is -0.650. The summed E-state index contributed by atoms with van der Waals surface area (Å²) in [7, 11) is 1.43. The molecule has 0 aromatic heterocycles. The fourth-order valence-electron chi connectivity index (χ4n) is 8.37. The van der Waals surface area contributed by atoms with Gasteiger partial charge in [-0.2, -0.15) is 0 Å². The SMILES string of the molecule is COC(=O)[C@H](C)[C@H]1CC[C@H]2[C@@H]3[C@H](O)C[C@H]4C[C@@H](O)CC[C@]4(C)[C@H]3C[C@H](O)[C@]12C. The molecule has 0 amide bonds. The van der Waals surface area contributed by atoms with Gasteiger partial charge in [0.05, 0.1) is 31.3 Å². The van der Waals surface area contributed by atoms with E-state index in [4.69, 9.17) is 4.74 Å². The molecule has 28 heavy (non-hydrogen) atoms. The van der Waals surface area contributed by atoms with Gasteiger partial charge in [-0.3, -0.25) is 4.79 Å². The number of rotatable bonds is 2. The lowest BCUT2D eigenvalue weighted by atomic mass is 9.43. The van der Waals surface area contributed by atoms with Crippen molar-refractivity contribution in [3.8, 4) is 0 Å². The molecule has 5 heteroatoms. The number of hydrogen-bond donors (Lipinski definition) is 3. The van der Waals surface area contributed by atoms with Gasteiger partial charge in [0, 0.05) is 5.41 Å². The summed E-state index contributed by atoms with van der Waals surface area (Å²) in [4.78, 5) is 12.3. The van der Waals surface area contributed by atoms with E-state index < -0.39 is 6.10 Å². The van der Waals surface area contributed by atoms with Crippen LogP contribution in [0, 0.1) is 46.3 Å². The monoisotopic (exact) mass is 394 g/mol. The number of esters is 1. The van der Waals surface area contributed by atoms with E-state index in [9.17, 15) is 20.1 Å². The summed E-state index contributed by atoms with van der Waals surface area (Å²) in [5.41, 5.74) is -0.273. The van der Waals surface area contributed by atoms with E-state index in [1.807, 2.05) is 6.92 Å². The van der Waals surface area contributed by atoms with Crippen LogP contribution in [-0.2, 0) is 9.53 Å². The summed E-state index contributed by atoms with van der Waals surface area (Å²) < 4.78 is 5.02. The molecule has 0 radical (unpaired) electrons. The highest BCUT2D eigenvalue weighted by Gasteiger charge is 2.66. The van der Waals surface area contributed by atoms with E-state index in [1.165, 1.54) is 7.11 Å². The molecule has 3 N–H and O–H groups in total.